The van der Waals surface area contributed by atoms with E-state index in [4.69, 9.17) is 4.74 Å². The molecule has 1 atom stereocenters. The maximum Gasteiger partial charge on any atom is 0.133 e. The van der Waals surface area contributed by atoms with Crippen molar-refractivity contribution in [1.82, 2.24) is 0 Å². The minimum absolute atomic E-state index is 0.422. The number of rotatable bonds is 3. The standard InChI is InChI=1S/C14H18O2/c1-16-14-8-3-2-6-12(14)9-11-5-4-7-13(15)10-11/h2-3,6,8,11H,4-5,7,9-10H2,1H3. The molecule has 2 nitrogen and oxygen atoms in total. The number of methoxy groups -OCH3 is 1. The minimum Gasteiger partial charge on any atom is -0.496 e. The van der Waals surface area contributed by atoms with E-state index in [-0.39, 0.29) is 0 Å². The average molecular weight is 218 g/mol. The predicted molar refractivity (Wildman–Crippen MR) is 63.7 cm³/mol. The second-order valence-corrected chi connectivity index (χ2v) is 4.52. The summed E-state index contributed by atoms with van der Waals surface area (Å²) in [5.41, 5.74) is 1.23. The summed E-state index contributed by atoms with van der Waals surface area (Å²) in [5.74, 6) is 1.88. The van der Waals surface area contributed by atoms with Crippen LogP contribution in [0.4, 0.5) is 0 Å². The van der Waals surface area contributed by atoms with Gasteiger partial charge in [-0.1, -0.05) is 18.2 Å². The van der Waals surface area contributed by atoms with Gasteiger partial charge in [0.1, 0.15) is 11.5 Å². The first-order valence-electron chi connectivity index (χ1n) is 5.93. The molecule has 1 aromatic rings. The number of carbonyl (C=O) groups excluding carboxylic acids is 1. The van der Waals surface area contributed by atoms with Crippen LogP contribution in [-0.4, -0.2) is 12.9 Å². The highest BCUT2D eigenvalue weighted by Gasteiger charge is 2.20. The van der Waals surface area contributed by atoms with Gasteiger partial charge in [0.15, 0.2) is 0 Å². The molecule has 1 unspecified atom stereocenters. The van der Waals surface area contributed by atoms with E-state index in [1.54, 1.807) is 7.11 Å². The zero-order valence-electron chi connectivity index (χ0n) is 9.74. The van der Waals surface area contributed by atoms with Crippen molar-refractivity contribution >= 4 is 5.78 Å². The number of Topliss-reactive ketones (excluding diaryl/α,β-unsaturated/α-hetero) is 1. The minimum atomic E-state index is 0.422. The molecule has 86 valence electrons. The molecule has 0 aromatic heterocycles. The number of benzene rings is 1. The molecule has 16 heavy (non-hydrogen) atoms. The van der Waals surface area contributed by atoms with Crippen LogP contribution < -0.4 is 4.74 Å². The summed E-state index contributed by atoms with van der Waals surface area (Å²) in [6, 6.07) is 8.09. The molecule has 0 spiro atoms. The van der Waals surface area contributed by atoms with Gasteiger partial charge in [0.2, 0.25) is 0 Å². The van der Waals surface area contributed by atoms with E-state index in [0.717, 1.165) is 31.4 Å². The molecule has 2 rings (SSSR count). The second kappa shape index (κ2) is 5.15. The maximum atomic E-state index is 11.4. The Morgan fingerprint density at radius 1 is 1.38 bits per heavy atom. The molecule has 1 fully saturated rings. The third-order valence-electron chi connectivity index (χ3n) is 3.29. The van der Waals surface area contributed by atoms with E-state index in [2.05, 4.69) is 6.07 Å². The van der Waals surface area contributed by atoms with Gasteiger partial charge in [-0.3, -0.25) is 4.79 Å². The van der Waals surface area contributed by atoms with E-state index < -0.39 is 0 Å². The van der Waals surface area contributed by atoms with Gasteiger partial charge in [-0.05, 0) is 36.8 Å². The average Bonchev–Trinajstić information content (AvgIpc) is 2.30. The van der Waals surface area contributed by atoms with E-state index >= 15 is 0 Å². The van der Waals surface area contributed by atoms with Crippen LogP contribution in [0.2, 0.25) is 0 Å². The molecular weight excluding hydrogens is 200 g/mol. The molecule has 0 radical (unpaired) electrons. The Morgan fingerprint density at radius 3 is 2.94 bits per heavy atom. The Bertz CT molecular complexity index is 371. The van der Waals surface area contributed by atoms with E-state index in [0.29, 0.717) is 11.7 Å². The molecule has 1 aromatic carbocycles. The largest absolute Gasteiger partial charge is 0.496 e. The van der Waals surface area contributed by atoms with Crippen LogP contribution in [0.3, 0.4) is 0 Å². The van der Waals surface area contributed by atoms with Crippen molar-refractivity contribution < 1.29 is 9.53 Å². The topological polar surface area (TPSA) is 26.3 Å². The Kier molecular flexibility index (Phi) is 3.60. The summed E-state index contributed by atoms with van der Waals surface area (Å²) in [6.07, 6.45) is 4.72. The Hall–Kier alpha value is -1.31. The number of para-hydroxylation sites is 1. The van der Waals surface area contributed by atoms with E-state index in [1.807, 2.05) is 18.2 Å². The highest BCUT2D eigenvalue weighted by Crippen LogP contribution is 2.28. The molecule has 0 heterocycles. The first kappa shape index (κ1) is 11.2. The van der Waals surface area contributed by atoms with Crippen LogP contribution in [0, 0.1) is 5.92 Å². The fourth-order valence-corrected chi connectivity index (χ4v) is 2.47. The fourth-order valence-electron chi connectivity index (χ4n) is 2.47. The summed E-state index contributed by atoms with van der Waals surface area (Å²) in [4.78, 5) is 11.4. The van der Waals surface area contributed by atoms with Crippen LogP contribution in [0.25, 0.3) is 0 Å². The highest BCUT2D eigenvalue weighted by molar-refractivity contribution is 5.79. The lowest BCUT2D eigenvalue weighted by molar-refractivity contribution is -0.121. The van der Waals surface area contributed by atoms with Crippen molar-refractivity contribution in [3.63, 3.8) is 0 Å². The first-order chi connectivity index (χ1) is 7.79. The van der Waals surface area contributed by atoms with Gasteiger partial charge in [0, 0.05) is 12.8 Å². The summed E-state index contributed by atoms with van der Waals surface area (Å²) >= 11 is 0. The van der Waals surface area contributed by atoms with Gasteiger partial charge in [-0.2, -0.15) is 0 Å². The molecule has 0 bridgehead atoms. The number of ether oxygens (including phenoxy) is 1. The van der Waals surface area contributed by atoms with Crippen molar-refractivity contribution in [2.45, 2.75) is 32.1 Å². The number of ketones is 1. The van der Waals surface area contributed by atoms with Crippen LogP contribution in [0.5, 0.6) is 5.75 Å². The third kappa shape index (κ3) is 2.63. The molecule has 0 saturated heterocycles. The van der Waals surface area contributed by atoms with Crippen molar-refractivity contribution in [3.05, 3.63) is 29.8 Å². The summed E-state index contributed by atoms with van der Waals surface area (Å²) in [7, 11) is 1.70. The molecule has 1 saturated carbocycles. The summed E-state index contributed by atoms with van der Waals surface area (Å²) in [6.45, 7) is 0. The lowest BCUT2D eigenvalue weighted by Crippen LogP contribution is -2.17. The quantitative estimate of drug-likeness (QED) is 0.779. The van der Waals surface area contributed by atoms with Crippen molar-refractivity contribution in [2.75, 3.05) is 7.11 Å². The van der Waals surface area contributed by atoms with Crippen molar-refractivity contribution in [3.8, 4) is 5.75 Å². The molecule has 2 heteroatoms. The van der Waals surface area contributed by atoms with Gasteiger partial charge in [0.25, 0.3) is 0 Å². The Balaban J connectivity index is 2.05. The number of carbonyl (C=O) groups is 1. The van der Waals surface area contributed by atoms with Crippen molar-refractivity contribution in [1.29, 1.82) is 0 Å². The number of hydrogen-bond donors (Lipinski definition) is 0. The predicted octanol–water partition coefficient (Wildman–Crippen LogP) is 3.00. The normalized spacial score (nSPS) is 20.8. The van der Waals surface area contributed by atoms with Gasteiger partial charge in [-0.25, -0.2) is 0 Å². The maximum absolute atomic E-state index is 11.4. The molecular formula is C14H18O2. The molecule has 0 N–H and O–H groups in total. The third-order valence-corrected chi connectivity index (χ3v) is 3.29. The molecule has 1 aliphatic rings. The lowest BCUT2D eigenvalue weighted by Gasteiger charge is -2.21. The zero-order valence-corrected chi connectivity index (χ0v) is 9.74. The molecule has 1 aliphatic carbocycles. The van der Waals surface area contributed by atoms with Gasteiger partial charge < -0.3 is 4.74 Å². The first-order valence-corrected chi connectivity index (χ1v) is 5.93. The SMILES string of the molecule is COc1ccccc1CC1CCCC(=O)C1. The monoisotopic (exact) mass is 218 g/mol. The van der Waals surface area contributed by atoms with E-state index in [1.165, 1.54) is 12.0 Å². The van der Waals surface area contributed by atoms with Crippen molar-refractivity contribution in [2.24, 2.45) is 5.92 Å². The van der Waals surface area contributed by atoms with Gasteiger partial charge in [0.05, 0.1) is 7.11 Å². The van der Waals surface area contributed by atoms with Gasteiger partial charge in [-0.15, -0.1) is 0 Å². The Morgan fingerprint density at radius 2 is 2.19 bits per heavy atom. The molecule has 0 amide bonds. The number of hydrogen-bond acceptors (Lipinski definition) is 2. The van der Waals surface area contributed by atoms with Gasteiger partial charge >= 0.3 is 0 Å². The van der Waals surface area contributed by atoms with Crippen LogP contribution in [0.15, 0.2) is 24.3 Å². The van der Waals surface area contributed by atoms with Crippen LogP contribution in [-0.2, 0) is 11.2 Å². The van der Waals surface area contributed by atoms with E-state index in [9.17, 15) is 4.79 Å². The summed E-state index contributed by atoms with van der Waals surface area (Å²) in [5, 5.41) is 0. The molecule has 0 aliphatic heterocycles. The zero-order chi connectivity index (χ0) is 11.4. The second-order valence-electron chi connectivity index (χ2n) is 4.52. The fraction of sp³-hybridized carbons (Fsp3) is 0.500. The van der Waals surface area contributed by atoms with Crippen LogP contribution >= 0.6 is 0 Å². The lowest BCUT2D eigenvalue weighted by atomic mass is 9.84. The summed E-state index contributed by atoms with van der Waals surface area (Å²) < 4.78 is 5.33. The van der Waals surface area contributed by atoms with Crippen LogP contribution in [0.1, 0.15) is 31.2 Å². The Labute approximate surface area is 96.6 Å². The smallest absolute Gasteiger partial charge is 0.133 e. The highest BCUT2D eigenvalue weighted by atomic mass is 16.5.